The Morgan fingerprint density at radius 2 is 1.74 bits per heavy atom. The zero-order valence-electron chi connectivity index (χ0n) is 15.6. The van der Waals surface area contributed by atoms with Crippen molar-refractivity contribution in [2.24, 2.45) is 0 Å². The fraction of sp³-hybridized carbons (Fsp3) is 0.391. The van der Waals surface area contributed by atoms with Crippen LogP contribution in [0.2, 0.25) is 0 Å². The molecule has 0 saturated carbocycles. The van der Waals surface area contributed by atoms with Crippen molar-refractivity contribution in [3.05, 3.63) is 53.9 Å². The van der Waals surface area contributed by atoms with Crippen LogP contribution in [-0.4, -0.2) is 33.6 Å². The molecule has 1 atom stereocenters. The number of piperidine rings is 1. The van der Waals surface area contributed by atoms with E-state index in [1.807, 2.05) is 24.3 Å². The number of hydrogen-bond donors (Lipinski definition) is 0. The molecule has 1 unspecified atom stereocenters. The molecule has 5 rings (SSSR count). The first-order chi connectivity index (χ1) is 13.3. The van der Waals surface area contributed by atoms with Crippen LogP contribution in [0.15, 0.2) is 42.5 Å². The summed E-state index contributed by atoms with van der Waals surface area (Å²) in [5, 5.41) is 9.00. The third-order valence-electron chi connectivity index (χ3n) is 6.17. The minimum absolute atomic E-state index is 0.660. The average molecular weight is 356 g/mol. The standard InChI is InChI=1S/C23H24N4/c24-16-17-5-7-18(8-6-17)19-9-10-22-21(14-19)25-23-15-20-4-1-2-11-26(20)12-3-13-27(22)23/h5-10,14,20H,1-4,11-13,15H2. The van der Waals surface area contributed by atoms with Crippen molar-refractivity contribution in [2.45, 2.75) is 44.7 Å². The first-order valence-electron chi connectivity index (χ1n) is 10.1. The highest BCUT2D eigenvalue weighted by Gasteiger charge is 2.26. The van der Waals surface area contributed by atoms with E-state index in [-0.39, 0.29) is 0 Å². The van der Waals surface area contributed by atoms with Crippen LogP contribution in [0, 0.1) is 11.3 Å². The molecule has 0 radical (unpaired) electrons. The van der Waals surface area contributed by atoms with Gasteiger partial charge in [-0.15, -0.1) is 0 Å². The van der Waals surface area contributed by atoms with Crippen LogP contribution in [0.25, 0.3) is 22.2 Å². The number of aromatic nitrogens is 2. The monoisotopic (exact) mass is 356 g/mol. The van der Waals surface area contributed by atoms with Crippen LogP contribution in [0.3, 0.4) is 0 Å². The molecule has 3 heterocycles. The van der Waals surface area contributed by atoms with Gasteiger partial charge in [0.05, 0.1) is 22.7 Å². The van der Waals surface area contributed by atoms with Gasteiger partial charge in [-0.3, -0.25) is 4.90 Å². The molecule has 3 aromatic rings. The van der Waals surface area contributed by atoms with Crippen LogP contribution >= 0.6 is 0 Å². The maximum atomic E-state index is 9.00. The highest BCUT2D eigenvalue weighted by atomic mass is 15.2. The van der Waals surface area contributed by atoms with Gasteiger partial charge >= 0.3 is 0 Å². The molecular formula is C23H24N4. The summed E-state index contributed by atoms with van der Waals surface area (Å²) in [7, 11) is 0. The van der Waals surface area contributed by atoms with Gasteiger partial charge in [-0.2, -0.15) is 5.26 Å². The molecule has 0 amide bonds. The third-order valence-corrected chi connectivity index (χ3v) is 6.17. The lowest BCUT2D eigenvalue weighted by Gasteiger charge is -2.37. The summed E-state index contributed by atoms with van der Waals surface area (Å²) in [4.78, 5) is 7.74. The first-order valence-corrected chi connectivity index (χ1v) is 10.1. The Balaban J connectivity index is 1.52. The highest BCUT2D eigenvalue weighted by molar-refractivity contribution is 5.82. The molecule has 4 heteroatoms. The number of imidazole rings is 1. The van der Waals surface area contributed by atoms with Crippen molar-refractivity contribution >= 4 is 11.0 Å². The molecule has 2 aliphatic rings. The normalized spacial score (nSPS) is 20.3. The van der Waals surface area contributed by atoms with Crippen molar-refractivity contribution in [3.8, 4) is 17.2 Å². The van der Waals surface area contributed by atoms with Gasteiger partial charge < -0.3 is 4.57 Å². The molecule has 2 aromatic carbocycles. The van der Waals surface area contributed by atoms with E-state index < -0.39 is 0 Å². The quantitative estimate of drug-likeness (QED) is 0.650. The topological polar surface area (TPSA) is 44.9 Å². The molecule has 136 valence electrons. The van der Waals surface area contributed by atoms with Gasteiger partial charge in [-0.25, -0.2) is 4.98 Å². The fourth-order valence-electron chi connectivity index (χ4n) is 4.73. The number of nitriles is 1. The highest BCUT2D eigenvalue weighted by Crippen LogP contribution is 2.29. The van der Waals surface area contributed by atoms with Gasteiger partial charge in [0, 0.05) is 25.6 Å². The Bertz CT molecular complexity index is 1010. The van der Waals surface area contributed by atoms with Crippen LogP contribution in [0.1, 0.15) is 37.1 Å². The molecule has 0 bridgehead atoms. The lowest BCUT2D eigenvalue weighted by atomic mass is 9.98. The van der Waals surface area contributed by atoms with E-state index in [4.69, 9.17) is 10.2 Å². The van der Waals surface area contributed by atoms with Crippen molar-refractivity contribution < 1.29 is 0 Å². The number of nitrogens with zero attached hydrogens (tertiary/aromatic N) is 4. The number of benzene rings is 2. The van der Waals surface area contributed by atoms with E-state index in [1.165, 1.54) is 50.1 Å². The van der Waals surface area contributed by atoms with Crippen LogP contribution < -0.4 is 0 Å². The minimum atomic E-state index is 0.660. The van der Waals surface area contributed by atoms with Gasteiger partial charge in [-0.05, 0) is 61.2 Å². The largest absolute Gasteiger partial charge is 0.328 e. The van der Waals surface area contributed by atoms with Crippen LogP contribution in [0.4, 0.5) is 0 Å². The summed E-state index contributed by atoms with van der Waals surface area (Å²) < 4.78 is 2.45. The molecule has 27 heavy (non-hydrogen) atoms. The zero-order chi connectivity index (χ0) is 18.2. The number of hydrogen-bond acceptors (Lipinski definition) is 3. The zero-order valence-corrected chi connectivity index (χ0v) is 15.6. The summed E-state index contributed by atoms with van der Waals surface area (Å²) in [5.41, 5.74) is 5.34. The summed E-state index contributed by atoms with van der Waals surface area (Å²) in [6.07, 6.45) is 6.28. The van der Waals surface area contributed by atoms with E-state index in [9.17, 15) is 0 Å². The molecule has 2 aliphatic heterocycles. The maximum absolute atomic E-state index is 9.00. The molecule has 0 N–H and O–H groups in total. The van der Waals surface area contributed by atoms with E-state index in [2.05, 4.69) is 33.7 Å². The van der Waals surface area contributed by atoms with Crippen molar-refractivity contribution in [1.29, 1.82) is 5.26 Å². The second kappa shape index (κ2) is 6.83. The van der Waals surface area contributed by atoms with Crippen molar-refractivity contribution in [3.63, 3.8) is 0 Å². The lowest BCUT2D eigenvalue weighted by molar-refractivity contribution is 0.135. The van der Waals surface area contributed by atoms with Crippen molar-refractivity contribution in [1.82, 2.24) is 14.5 Å². The predicted molar refractivity (Wildman–Crippen MR) is 107 cm³/mol. The number of rotatable bonds is 1. The van der Waals surface area contributed by atoms with Gasteiger partial charge in [0.1, 0.15) is 5.82 Å². The van der Waals surface area contributed by atoms with E-state index in [0.29, 0.717) is 11.6 Å². The molecule has 1 fully saturated rings. The second-order valence-electron chi connectivity index (χ2n) is 7.82. The van der Waals surface area contributed by atoms with Gasteiger partial charge in [0.15, 0.2) is 0 Å². The first kappa shape index (κ1) is 16.5. The van der Waals surface area contributed by atoms with Gasteiger partial charge in [0.2, 0.25) is 0 Å². The summed E-state index contributed by atoms with van der Waals surface area (Å²) in [6, 6.07) is 17.2. The second-order valence-corrected chi connectivity index (χ2v) is 7.82. The SMILES string of the molecule is N#Cc1ccc(-c2ccc3c(c2)nc2n3CCCN3CCCCC3C2)cc1. The number of aryl methyl sites for hydroxylation is 1. The predicted octanol–water partition coefficient (Wildman–Crippen LogP) is 4.38. The Hall–Kier alpha value is -2.64. The Labute approximate surface area is 160 Å². The molecule has 1 saturated heterocycles. The average Bonchev–Trinajstić information content (AvgIpc) is 3.03. The molecular weight excluding hydrogens is 332 g/mol. The Morgan fingerprint density at radius 1 is 0.926 bits per heavy atom. The summed E-state index contributed by atoms with van der Waals surface area (Å²) in [6.45, 7) is 3.53. The van der Waals surface area contributed by atoms with Crippen molar-refractivity contribution in [2.75, 3.05) is 13.1 Å². The van der Waals surface area contributed by atoms with Crippen LogP contribution in [-0.2, 0) is 13.0 Å². The van der Waals surface area contributed by atoms with E-state index in [1.54, 1.807) is 0 Å². The third kappa shape index (κ3) is 3.02. The summed E-state index contributed by atoms with van der Waals surface area (Å²) in [5.74, 6) is 1.25. The fourth-order valence-corrected chi connectivity index (χ4v) is 4.73. The summed E-state index contributed by atoms with van der Waals surface area (Å²) >= 11 is 0. The number of fused-ring (bicyclic) bond motifs is 4. The minimum Gasteiger partial charge on any atom is -0.328 e. The van der Waals surface area contributed by atoms with Gasteiger partial charge in [0.25, 0.3) is 0 Å². The maximum Gasteiger partial charge on any atom is 0.111 e. The van der Waals surface area contributed by atoms with Gasteiger partial charge in [-0.1, -0.05) is 24.6 Å². The molecule has 1 aromatic heterocycles. The molecule has 0 aliphatic carbocycles. The Morgan fingerprint density at radius 3 is 2.59 bits per heavy atom. The van der Waals surface area contributed by atoms with E-state index >= 15 is 0 Å². The van der Waals surface area contributed by atoms with E-state index in [0.717, 1.165) is 29.6 Å². The smallest absolute Gasteiger partial charge is 0.111 e. The molecule has 0 spiro atoms. The molecule has 4 nitrogen and oxygen atoms in total. The lowest BCUT2D eigenvalue weighted by Crippen LogP contribution is -2.43. The van der Waals surface area contributed by atoms with Crippen LogP contribution in [0.5, 0.6) is 0 Å². The Kier molecular flexibility index (Phi) is 4.18.